The molecule has 0 spiro atoms. The predicted molar refractivity (Wildman–Crippen MR) is 130 cm³/mol. The molecular formula is C28H30NO3S+. The second-order valence-corrected chi connectivity index (χ2v) is 11.0. The van der Waals surface area contributed by atoms with E-state index in [0.29, 0.717) is 17.0 Å². The van der Waals surface area contributed by atoms with Gasteiger partial charge in [0.25, 0.3) is 0 Å². The Hall–Kier alpha value is -2.47. The largest absolute Gasteiger partial charge is 0.453 e. The highest BCUT2D eigenvalue weighted by Gasteiger charge is 2.53. The van der Waals surface area contributed by atoms with Crippen LogP contribution in [0.1, 0.15) is 35.3 Å². The molecule has 0 unspecified atom stereocenters. The van der Waals surface area contributed by atoms with Crippen molar-refractivity contribution in [1.82, 2.24) is 0 Å². The van der Waals surface area contributed by atoms with Gasteiger partial charge in [-0.25, -0.2) is 4.79 Å². The van der Waals surface area contributed by atoms with Crippen LogP contribution in [0, 0.1) is 5.92 Å². The quantitative estimate of drug-likeness (QED) is 0.427. The number of esters is 1. The van der Waals surface area contributed by atoms with Gasteiger partial charge in [0.2, 0.25) is 5.60 Å². The van der Waals surface area contributed by atoms with Crippen molar-refractivity contribution in [3.8, 4) is 11.1 Å². The highest BCUT2D eigenvalue weighted by atomic mass is 32.1. The number of fused-ring (bicyclic) bond motifs is 6. The zero-order chi connectivity index (χ0) is 22.5. The van der Waals surface area contributed by atoms with Crippen LogP contribution in [0.4, 0.5) is 0 Å². The zero-order valence-electron chi connectivity index (χ0n) is 18.8. The molecule has 7 rings (SSSR count). The lowest BCUT2D eigenvalue weighted by molar-refractivity contribution is -0.946. The predicted octanol–water partition coefficient (Wildman–Crippen LogP) is 4.75. The maximum Gasteiger partial charge on any atom is 0.348 e. The number of quaternary nitrogens is 1. The lowest BCUT2D eigenvalue weighted by Gasteiger charge is -2.52. The lowest BCUT2D eigenvalue weighted by atomic mass is 9.82. The third kappa shape index (κ3) is 3.45. The van der Waals surface area contributed by atoms with Crippen LogP contribution in [-0.4, -0.2) is 47.8 Å². The molecule has 1 atom stereocenters. The number of piperidine rings is 3. The van der Waals surface area contributed by atoms with Crippen LogP contribution in [0.15, 0.2) is 66.0 Å². The van der Waals surface area contributed by atoms with Gasteiger partial charge in [-0.2, -0.15) is 0 Å². The smallest absolute Gasteiger partial charge is 0.348 e. The molecule has 1 aliphatic carbocycles. The SMILES string of the molecule is O=C(O[C@H]1C[N+]2(CCCc3cccs3)CCC1CC2)C1(O)c2ccccc2-c2ccccc21. The van der Waals surface area contributed by atoms with E-state index in [0.717, 1.165) is 54.4 Å². The van der Waals surface area contributed by atoms with Crippen molar-refractivity contribution in [3.63, 3.8) is 0 Å². The third-order valence-electron chi connectivity index (χ3n) is 8.15. The summed E-state index contributed by atoms with van der Waals surface area (Å²) in [5.74, 6) is -0.114. The van der Waals surface area contributed by atoms with Crippen LogP contribution < -0.4 is 0 Å². The summed E-state index contributed by atoms with van der Waals surface area (Å²) < 4.78 is 7.25. The molecule has 2 aromatic carbocycles. The Kier molecular flexibility index (Phi) is 5.17. The number of hydrogen-bond acceptors (Lipinski definition) is 4. The number of ether oxygens (including phenoxy) is 1. The number of thiophene rings is 1. The fourth-order valence-corrected chi connectivity index (χ4v) is 7.12. The van der Waals surface area contributed by atoms with Crippen LogP contribution in [-0.2, 0) is 21.6 Å². The number of aliphatic hydroxyl groups is 1. The van der Waals surface area contributed by atoms with Gasteiger partial charge in [-0.05, 0) is 29.0 Å². The molecule has 170 valence electrons. The van der Waals surface area contributed by atoms with Gasteiger partial charge in [0, 0.05) is 41.2 Å². The molecule has 2 bridgehead atoms. The molecule has 3 saturated heterocycles. The van der Waals surface area contributed by atoms with Gasteiger partial charge in [-0.3, -0.25) is 0 Å². The van der Waals surface area contributed by atoms with Gasteiger partial charge in [-0.15, -0.1) is 11.3 Å². The maximum absolute atomic E-state index is 13.6. The summed E-state index contributed by atoms with van der Waals surface area (Å²) in [5.41, 5.74) is 1.37. The topological polar surface area (TPSA) is 46.5 Å². The summed E-state index contributed by atoms with van der Waals surface area (Å²) >= 11 is 1.83. The van der Waals surface area contributed by atoms with Crippen molar-refractivity contribution in [3.05, 3.63) is 82.0 Å². The van der Waals surface area contributed by atoms with Gasteiger partial charge in [0.15, 0.2) is 6.10 Å². The molecule has 33 heavy (non-hydrogen) atoms. The van der Waals surface area contributed by atoms with Crippen molar-refractivity contribution in [2.24, 2.45) is 5.92 Å². The first-order valence-electron chi connectivity index (χ1n) is 12.1. The van der Waals surface area contributed by atoms with E-state index in [1.54, 1.807) is 0 Å². The van der Waals surface area contributed by atoms with E-state index < -0.39 is 11.6 Å². The van der Waals surface area contributed by atoms with Crippen LogP contribution in [0.3, 0.4) is 0 Å². The lowest BCUT2D eigenvalue weighted by Crippen LogP contribution is -2.65. The van der Waals surface area contributed by atoms with Gasteiger partial charge in [0.05, 0.1) is 19.6 Å². The highest BCUT2D eigenvalue weighted by Crippen LogP contribution is 2.48. The monoisotopic (exact) mass is 460 g/mol. The van der Waals surface area contributed by atoms with Gasteiger partial charge in [0.1, 0.15) is 6.54 Å². The molecule has 1 aromatic heterocycles. The zero-order valence-corrected chi connectivity index (χ0v) is 19.6. The van der Waals surface area contributed by atoms with Gasteiger partial charge < -0.3 is 14.3 Å². The minimum absolute atomic E-state index is 0.120. The Morgan fingerprint density at radius 1 is 1.00 bits per heavy atom. The van der Waals surface area contributed by atoms with Crippen LogP contribution in [0.5, 0.6) is 0 Å². The molecule has 1 N–H and O–H groups in total. The Balaban J connectivity index is 1.21. The number of benzene rings is 2. The Morgan fingerprint density at radius 2 is 1.67 bits per heavy atom. The Morgan fingerprint density at radius 3 is 2.30 bits per heavy atom. The summed E-state index contributed by atoms with van der Waals surface area (Å²) in [5, 5.41) is 13.9. The van der Waals surface area contributed by atoms with Crippen molar-refractivity contribution in [2.75, 3.05) is 26.2 Å². The van der Waals surface area contributed by atoms with E-state index in [9.17, 15) is 9.90 Å². The minimum Gasteiger partial charge on any atom is -0.453 e. The molecule has 3 aliphatic heterocycles. The molecule has 3 fully saturated rings. The molecule has 4 aliphatic rings. The number of rotatable bonds is 6. The first-order chi connectivity index (χ1) is 16.1. The summed E-state index contributed by atoms with van der Waals surface area (Å²) in [7, 11) is 0. The highest BCUT2D eigenvalue weighted by molar-refractivity contribution is 7.09. The van der Waals surface area contributed by atoms with Crippen LogP contribution >= 0.6 is 11.3 Å². The average molecular weight is 461 g/mol. The van der Waals surface area contributed by atoms with E-state index in [4.69, 9.17) is 4.74 Å². The minimum atomic E-state index is -1.73. The summed E-state index contributed by atoms with van der Waals surface area (Å²) in [6.45, 7) is 4.37. The summed E-state index contributed by atoms with van der Waals surface area (Å²) in [6, 6.07) is 19.7. The fraction of sp³-hybridized carbons (Fsp3) is 0.393. The number of carbonyl (C=O) groups excluding carboxylic acids is 1. The van der Waals surface area contributed by atoms with E-state index in [1.807, 2.05) is 59.9 Å². The first kappa shape index (κ1) is 21.1. The summed E-state index contributed by atoms with van der Waals surface area (Å²) in [4.78, 5) is 15.1. The Labute approximate surface area is 199 Å². The van der Waals surface area contributed by atoms with Crippen molar-refractivity contribution >= 4 is 17.3 Å². The second-order valence-electron chi connectivity index (χ2n) is 9.96. The second kappa shape index (κ2) is 8.08. The number of aryl methyl sites for hydroxylation is 1. The number of carbonyl (C=O) groups is 1. The Bertz CT molecular complexity index is 1120. The van der Waals surface area contributed by atoms with Crippen LogP contribution in [0.25, 0.3) is 11.1 Å². The molecule has 0 saturated carbocycles. The fourth-order valence-electron chi connectivity index (χ4n) is 6.37. The number of nitrogens with zero attached hydrogens (tertiary/aromatic N) is 1. The van der Waals surface area contributed by atoms with Crippen molar-refractivity contribution in [2.45, 2.75) is 37.4 Å². The normalized spacial score (nSPS) is 26.6. The molecule has 0 amide bonds. The van der Waals surface area contributed by atoms with Crippen molar-refractivity contribution < 1.29 is 19.1 Å². The van der Waals surface area contributed by atoms with Crippen molar-refractivity contribution in [1.29, 1.82) is 0 Å². The van der Waals surface area contributed by atoms with E-state index in [2.05, 4.69) is 17.5 Å². The van der Waals surface area contributed by atoms with Gasteiger partial charge in [-0.1, -0.05) is 54.6 Å². The summed E-state index contributed by atoms with van der Waals surface area (Å²) in [6.07, 6.45) is 4.37. The van der Waals surface area contributed by atoms with E-state index in [1.165, 1.54) is 18.0 Å². The molecule has 5 heteroatoms. The van der Waals surface area contributed by atoms with Gasteiger partial charge >= 0.3 is 5.97 Å². The van der Waals surface area contributed by atoms with E-state index in [-0.39, 0.29) is 6.10 Å². The van der Waals surface area contributed by atoms with E-state index >= 15 is 0 Å². The molecule has 0 radical (unpaired) electrons. The number of hydrogen-bond donors (Lipinski definition) is 1. The maximum atomic E-state index is 13.6. The molecule has 4 nitrogen and oxygen atoms in total. The molecule has 3 aromatic rings. The average Bonchev–Trinajstić information content (AvgIpc) is 3.46. The van der Waals surface area contributed by atoms with Crippen LogP contribution in [0.2, 0.25) is 0 Å². The molecular weight excluding hydrogens is 430 g/mol. The molecule has 4 heterocycles. The standard InChI is InChI=1S/C28H30NO3S/c30-27(28(31)24-11-3-1-9-22(24)23-10-2-4-12-25(23)28)32-26-19-29(16-13-20(26)14-17-29)15-5-7-21-8-6-18-33-21/h1-4,6,8-12,18,20,26,31H,5,7,13-17,19H2/q+1/t20?,26-,29?/m0/s1. The third-order valence-corrected chi connectivity index (χ3v) is 9.09. The first-order valence-corrected chi connectivity index (χ1v) is 13.0.